The maximum atomic E-state index is 11.9. The molecule has 9 heteroatoms. The maximum absolute atomic E-state index is 11.9. The lowest BCUT2D eigenvalue weighted by molar-refractivity contribution is 0.606. The molecule has 0 aliphatic heterocycles. The van der Waals surface area contributed by atoms with Crippen molar-refractivity contribution >= 4 is 30.6 Å². The second kappa shape index (κ2) is 4.97. The van der Waals surface area contributed by atoms with Gasteiger partial charge in [-0.05, 0) is 12.1 Å². The molecule has 2 aromatic heterocycles. The lowest BCUT2D eigenvalue weighted by atomic mass is 10.2. The monoisotopic (exact) mass is 324 g/mol. The molecule has 0 atom stereocenters. The van der Waals surface area contributed by atoms with Gasteiger partial charge in [0, 0.05) is 16.9 Å². The molecule has 0 fully saturated rings. The van der Waals surface area contributed by atoms with E-state index in [4.69, 9.17) is 10.7 Å². The van der Waals surface area contributed by atoms with E-state index in [9.17, 15) is 13.2 Å². The second-order valence-corrected chi connectivity index (χ2v) is 6.86. The highest BCUT2D eigenvalue weighted by molar-refractivity contribution is 8.13. The van der Waals surface area contributed by atoms with Gasteiger partial charge in [0.25, 0.3) is 14.6 Å². The zero-order valence-corrected chi connectivity index (χ0v) is 12.1. The number of para-hydroxylation sites is 1. The van der Waals surface area contributed by atoms with Gasteiger partial charge in [-0.2, -0.15) is 0 Å². The molecule has 0 spiro atoms. The van der Waals surface area contributed by atoms with Crippen molar-refractivity contribution in [1.82, 2.24) is 19.5 Å². The molecule has 0 bridgehead atoms. The fraction of sp³-hybridized carbons (Fsp3) is 0.0833. The van der Waals surface area contributed by atoms with Crippen LogP contribution in [0.15, 0.2) is 46.6 Å². The normalized spacial score (nSPS) is 11.9. The van der Waals surface area contributed by atoms with Gasteiger partial charge in [0.2, 0.25) is 0 Å². The van der Waals surface area contributed by atoms with Crippen molar-refractivity contribution in [2.45, 2.75) is 11.6 Å². The molecule has 0 unspecified atom stereocenters. The summed E-state index contributed by atoms with van der Waals surface area (Å²) in [6.45, 7) is 0.180. The highest BCUT2D eigenvalue weighted by Gasteiger charge is 2.14. The number of rotatable bonds is 3. The van der Waals surface area contributed by atoms with Crippen LogP contribution in [-0.2, 0) is 15.6 Å². The van der Waals surface area contributed by atoms with Gasteiger partial charge in [0.15, 0.2) is 5.03 Å². The molecule has 108 valence electrons. The molecule has 0 aliphatic rings. The Bertz CT molecular complexity index is 977. The first-order chi connectivity index (χ1) is 9.93. The smallest absolute Gasteiger partial charge is 0.280 e. The van der Waals surface area contributed by atoms with Gasteiger partial charge in [-0.3, -0.25) is 4.79 Å². The van der Waals surface area contributed by atoms with E-state index in [-0.39, 0.29) is 17.1 Å². The molecule has 3 rings (SSSR count). The summed E-state index contributed by atoms with van der Waals surface area (Å²) in [6.07, 6.45) is 2.59. The zero-order chi connectivity index (χ0) is 15.0. The predicted octanol–water partition coefficient (Wildman–Crippen LogP) is 1.10. The SMILES string of the molecule is O=c1[nH]c(Cn2cnc(S(=O)(=O)Cl)c2)nc2ccccc12. The van der Waals surface area contributed by atoms with Crippen molar-refractivity contribution in [3.8, 4) is 0 Å². The van der Waals surface area contributed by atoms with Crippen LogP contribution in [0.2, 0.25) is 0 Å². The number of nitrogens with one attached hydrogen (secondary N) is 1. The molecule has 2 heterocycles. The molecule has 3 aromatic rings. The third-order valence-corrected chi connectivity index (χ3v) is 4.04. The summed E-state index contributed by atoms with van der Waals surface area (Å²) < 4.78 is 23.8. The number of benzene rings is 1. The fourth-order valence-electron chi connectivity index (χ4n) is 1.93. The minimum Gasteiger partial charge on any atom is -0.328 e. The second-order valence-electron chi connectivity index (χ2n) is 4.35. The highest BCUT2D eigenvalue weighted by Crippen LogP contribution is 2.12. The predicted molar refractivity (Wildman–Crippen MR) is 76.7 cm³/mol. The van der Waals surface area contributed by atoms with Gasteiger partial charge < -0.3 is 9.55 Å². The number of H-pyrrole nitrogens is 1. The first-order valence-corrected chi connectivity index (χ1v) is 8.19. The van der Waals surface area contributed by atoms with Crippen molar-refractivity contribution in [2.75, 3.05) is 0 Å². The lowest BCUT2D eigenvalue weighted by Gasteiger charge is -2.03. The molecular formula is C12H9ClN4O3S. The van der Waals surface area contributed by atoms with Crippen LogP contribution in [0.5, 0.6) is 0 Å². The van der Waals surface area contributed by atoms with Gasteiger partial charge in [0.1, 0.15) is 5.82 Å². The van der Waals surface area contributed by atoms with E-state index in [2.05, 4.69) is 15.0 Å². The van der Waals surface area contributed by atoms with Crippen LogP contribution in [-0.4, -0.2) is 27.9 Å². The Balaban J connectivity index is 1.99. The van der Waals surface area contributed by atoms with Crippen LogP contribution < -0.4 is 5.56 Å². The number of fused-ring (bicyclic) bond motifs is 1. The van der Waals surface area contributed by atoms with Gasteiger partial charge in [-0.25, -0.2) is 18.4 Å². The van der Waals surface area contributed by atoms with E-state index in [1.54, 1.807) is 24.3 Å². The summed E-state index contributed by atoms with van der Waals surface area (Å²) in [4.78, 5) is 22.6. The third-order valence-electron chi connectivity index (χ3n) is 2.85. The Morgan fingerprint density at radius 3 is 2.76 bits per heavy atom. The van der Waals surface area contributed by atoms with E-state index in [0.717, 1.165) is 0 Å². The number of aromatic amines is 1. The van der Waals surface area contributed by atoms with E-state index < -0.39 is 9.05 Å². The molecule has 0 radical (unpaired) electrons. The van der Waals surface area contributed by atoms with E-state index in [0.29, 0.717) is 16.7 Å². The summed E-state index contributed by atoms with van der Waals surface area (Å²) in [5, 5.41) is 0.253. The molecule has 0 saturated heterocycles. The van der Waals surface area contributed by atoms with E-state index in [1.807, 2.05) is 0 Å². The van der Waals surface area contributed by atoms with Crippen molar-refractivity contribution in [1.29, 1.82) is 0 Å². The topological polar surface area (TPSA) is 97.7 Å². The Hall–Kier alpha value is -2.19. The number of halogens is 1. The maximum Gasteiger partial charge on any atom is 0.280 e. The van der Waals surface area contributed by atoms with Crippen LogP contribution in [0.3, 0.4) is 0 Å². The molecule has 0 aliphatic carbocycles. The largest absolute Gasteiger partial charge is 0.328 e. The average Bonchev–Trinajstić information content (AvgIpc) is 2.87. The van der Waals surface area contributed by atoms with Crippen LogP contribution in [0.4, 0.5) is 0 Å². The van der Waals surface area contributed by atoms with Crippen molar-refractivity contribution in [3.63, 3.8) is 0 Å². The lowest BCUT2D eigenvalue weighted by Crippen LogP contribution is -2.13. The number of aromatic nitrogens is 4. The number of hydrogen-bond donors (Lipinski definition) is 1. The van der Waals surface area contributed by atoms with Crippen molar-refractivity contribution in [3.05, 3.63) is 53.0 Å². The van der Waals surface area contributed by atoms with Gasteiger partial charge in [0.05, 0.1) is 23.8 Å². The van der Waals surface area contributed by atoms with Crippen LogP contribution in [0, 0.1) is 0 Å². The molecule has 0 saturated carbocycles. The van der Waals surface area contributed by atoms with Gasteiger partial charge in [-0.15, -0.1) is 0 Å². The number of nitrogens with zero attached hydrogens (tertiary/aromatic N) is 3. The summed E-state index contributed by atoms with van der Waals surface area (Å²) in [5.41, 5.74) is 0.322. The molecule has 7 nitrogen and oxygen atoms in total. The van der Waals surface area contributed by atoms with Crippen LogP contribution >= 0.6 is 10.7 Å². The number of imidazole rings is 1. The summed E-state index contributed by atoms with van der Waals surface area (Å²) in [6, 6.07) is 6.96. The standard InChI is InChI=1S/C12H9ClN4O3S/c13-21(19,20)11-6-17(7-14-11)5-10-15-9-4-2-1-3-8(9)12(18)16-10/h1-4,6-7H,5H2,(H,15,16,18). The third kappa shape index (κ3) is 2.81. The zero-order valence-electron chi connectivity index (χ0n) is 10.5. The van der Waals surface area contributed by atoms with Crippen LogP contribution in [0.25, 0.3) is 10.9 Å². The van der Waals surface area contributed by atoms with Crippen LogP contribution in [0.1, 0.15) is 5.82 Å². The Morgan fingerprint density at radius 2 is 2.05 bits per heavy atom. The summed E-state index contributed by atoms with van der Waals surface area (Å²) in [5.74, 6) is 0.398. The minimum absolute atomic E-state index is 0.180. The molecule has 21 heavy (non-hydrogen) atoms. The average molecular weight is 325 g/mol. The Labute approximate surface area is 123 Å². The minimum atomic E-state index is -3.87. The molecule has 1 aromatic carbocycles. The number of hydrogen-bond acceptors (Lipinski definition) is 5. The molecular weight excluding hydrogens is 316 g/mol. The van der Waals surface area contributed by atoms with Crippen molar-refractivity contribution in [2.24, 2.45) is 0 Å². The summed E-state index contributed by atoms with van der Waals surface area (Å²) in [7, 11) is 1.33. The van der Waals surface area contributed by atoms with Gasteiger partial charge >= 0.3 is 0 Å². The first-order valence-electron chi connectivity index (χ1n) is 5.88. The molecule has 0 amide bonds. The van der Waals surface area contributed by atoms with E-state index >= 15 is 0 Å². The Kier molecular flexibility index (Phi) is 3.26. The molecule has 1 N–H and O–H groups in total. The van der Waals surface area contributed by atoms with Crippen molar-refractivity contribution < 1.29 is 8.42 Å². The Morgan fingerprint density at radius 1 is 1.29 bits per heavy atom. The first kappa shape index (κ1) is 13.8. The quantitative estimate of drug-likeness (QED) is 0.727. The van der Waals surface area contributed by atoms with Gasteiger partial charge in [-0.1, -0.05) is 12.1 Å². The van der Waals surface area contributed by atoms with E-state index in [1.165, 1.54) is 17.1 Å². The highest BCUT2D eigenvalue weighted by atomic mass is 35.7. The fourth-order valence-corrected chi connectivity index (χ4v) is 2.61. The summed E-state index contributed by atoms with van der Waals surface area (Å²) >= 11 is 0.